The number of methoxy groups -OCH3 is 1. The first kappa shape index (κ1) is 19.4. The standard InChI is InChI=1S/C23H17BrClFN2O2/c1-29-15-8-5-13(6-9-15)19-12-20-16-11-14(24)7-10-21(16)30-23(28(20)27-19)22-17(25)3-2-4-18(22)26/h2-11,20,23H,12H2,1H3/t20-,23+/m1/s1. The minimum Gasteiger partial charge on any atom is -0.497 e. The maximum Gasteiger partial charge on any atom is 0.218 e. The first-order chi connectivity index (χ1) is 14.5. The number of benzene rings is 3. The summed E-state index contributed by atoms with van der Waals surface area (Å²) >= 11 is 9.92. The molecule has 2 aliphatic heterocycles. The van der Waals surface area contributed by atoms with Crippen molar-refractivity contribution in [2.45, 2.75) is 18.7 Å². The lowest BCUT2D eigenvalue weighted by Gasteiger charge is -2.38. The van der Waals surface area contributed by atoms with E-state index in [9.17, 15) is 4.39 Å². The second kappa shape index (κ2) is 7.60. The van der Waals surface area contributed by atoms with Crippen LogP contribution in [-0.2, 0) is 0 Å². The molecule has 30 heavy (non-hydrogen) atoms. The van der Waals surface area contributed by atoms with Crippen LogP contribution in [0.3, 0.4) is 0 Å². The van der Waals surface area contributed by atoms with E-state index < -0.39 is 12.0 Å². The number of ether oxygens (including phenoxy) is 2. The minimum absolute atomic E-state index is 0.0935. The fraction of sp³-hybridized carbons (Fsp3) is 0.174. The molecular weight excluding hydrogens is 471 g/mol. The Kier molecular flexibility index (Phi) is 4.91. The Hall–Kier alpha value is -2.57. The number of rotatable bonds is 3. The molecule has 0 saturated carbocycles. The van der Waals surface area contributed by atoms with Crippen LogP contribution in [0.2, 0.25) is 5.02 Å². The summed E-state index contributed by atoms with van der Waals surface area (Å²) in [5.41, 5.74) is 3.18. The van der Waals surface area contributed by atoms with Gasteiger partial charge in [-0.05, 0) is 60.2 Å². The average molecular weight is 488 g/mol. The van der Waals surface area contributed by atoms with E-state index >= 15 is 0 Å². The number of fused-ring (bicyclic) bond motifs is 3. The first-order valence-electron chi connectivity index (χ1n) is 9.45. The van der Waals surface area contributed by atoms with Crippen LogP contribution in [0, 0.1) is 5.82 Å². The monoisotopic (exact) mass is 486 g/mol. The van der Waals surface area contributed by atoms with E-state index in [1.807, 2.05) is 47.5 Å². The molecule has 0 aromatic heterocycles. The van der Waals surface area contributed by atoms with E-state index in [4.69, 9.17) is 26.2 Å². The van der Waals surface area contributed by atoms with Crippen LogP contribution < -0.4 is 9.47 Å². The summed E-state index contributed by atoms with van der Waals surface area (Å²) in [5.74, 6) is 1.07. The Balaban J connectivity index is 1.62. The zero-order valence-electron chi connectivity index (χ0n) is 16.0. The Morgan fingerprint density at radius 2 is 1.97 bits per heavy atom. The van der Waals surface area contributed by atoms with Crippen molar-refractivity contribution >= 4 is 33.2 Å². The fourth-order valence-electron chi connectivity index (χ4n) is 3.95. The number of nitrogens with zero attached hydrogens (tertiary/aromatic N) is 2. The van der Waals surface area contributed by atoms with Crippen LogP contribution in [0.5, 0.6) is 11.5 Å². The van der Waals surface area contributed by atoms with Crippen molar-refractivity contribution in [3.63, 3.8) is 0 Å². The third-order valence-electron chi connectivity index (χ3n) is 5.42. The summed E-state index contributed by atoms with van der Waals surface area (Å²) in [6.07, 6.45) is -0.0880. The van der Waals surface area contributed by atoms with Crippen molar-refractivity contribution < 1.29 is 13.9 Å². The molecule has 2 heterocycles. The summed E-state index contributed by atoms with van der Waals surface area (Å²) < 4.78 is 27.2. The highest BCUT2D eigenvalue weighted by molar-refractivity contribution is 9.10. The molecule has 0 N–H and O–H groups in total. The molecule has 0 fully saturated rings. The van der Waals surface area contributed by atoms with Crippen LogP contribution in [0.15, 0.2) is 70.2 Å². The van der Waals surface area contributed by atoms with Gasteiger partial charge in [-0.1, -0.05) is 33.6 Å². The third-order valence-corrected chi connectivity index (χ3v) is 6.24. The van der Waals surface area contributed by atoms with Gasteiger partial charge in [0, 0.05) is 16.5 Å². The van der Waals surface area contributed by atoms with Crippen molar-refractivity contribution in [1.82, 2.24) is 5.01 Å². The predicted octanol–water partition coefficient (Wildman–Crippen LogP) is 6.49. The fourth-order valence-corrected chi connectivity index (χ4v) is 4.59. The van der Waals surface area contributed by atoms with E-state index in [1.54, 1.807) is 19.2 Å². The Morgan fingerprint density at radius 1 is 1.17 bits per heavy atom. The van der Waals surface area contributed by atoms with Gasteiger partial charge in [0.25, 0.3) is 0 Å². The lowest BCUT2D eigenvalue weighted by molar-refractivity contribution is -0.0211. The molecule has 3 aromatic rings. The van der Waals surface area contributed by atoms with Crippen molar-refractivity contribution in [2.24, 2.45) is 5.10 Å². The SMILES string of the molecule is COc1ccc(C2=NN3[C@H](C2)c2cc(Br)ccc2O[C@H]3c2c(F)cccc2Cl)cc1. The second-order valence-electron chi connectivity index (χ2n) is 7.16. The van der Waals surface area contributed by atoms with Crippen molar-refractivity contribution in [2.75, 3.05) is 7.11 Å². The lowest BCUT2D eigenvalue weighted by Crippen LogP contribution is -2.34. The molecule has 0 saturated heterocycles. The molecule has 0 aliphatic carbocycles. The van der Waals surface area contributed by atoms with Crippen molar-refractivity contribution in [3.8, 4) is 11.5 Å². The maximum absolute atomic E-state index is 14.8. The molecular formula is C23H17BrClFN2O2. The predicted molar refractivity (Wildman–Crippen MR) is 118 cm³/mol. The van der Waals surface area contributed by atoms with Crippen LogP contribution >= 0.6 is 27.5 Å². The van der Waals surface area contributed by atoms with E-state index in [-0.39, 0.29) is 11.6 Å². The van der Waals surface area contributed by atoms with Gasteiger partial charge in [0.1, 0.15) is 17.3 Å². The van der Waals surface area contributed by atoms with Gasteiger partial charge in [-0.25, -0.2) is 9.40 Å². The average Bonchev–Trinajstić information content (AvgIpc) is 3.20. The zero-order valence-corrected chi connectivity index (χ0v) is 18.3. The summed E-state index contributed by atoms with van der Waals surface area (Å²) in [6.45, 7) is 0. The Bertz CT molecular complexity index is 1130. The molecule has 2 aliphatic rings. The molecule has 0 bridgehead atoms. The van der Waals surface area contributed by atoms with Gasteiger partial charge in [0.15, 0.2) is 0 Å². The van der Waals surface area contributed by atoms with Gasteiger partial charge in [-0.3, -0.25) is 0 Å². The molecule has 2 atom stereocenters. The molecule has 4 nitrogen and oxygen atoms in total. The highest BCUT2D eigenvalue weighted by Gasteiger charge is 2.42. The summed E-state index contributed by atoms with van der Waals surface area (Å²) in [6, 6.07) is 18.1. The molecule has 0 unspecified atom stereocenters. The lowest BCUT2D eigenvalue weighted by atomic mass is 9.96. The topological polar surface area (TPSA) is 34.1 Å². The molecule has 152 valence electrons. The van der Waals surface area contributed by atoms with Gasteiger partial charge in [0.05, 0.1) is 29.4 Å². The zero-order chi connectivity index (χ0) is 20.8. The summed E-state index contributed by atoms with van der Waals surface area (Å²) in [7, 11) is 1.64. The third kappa shape index (κ3) is 3.24. The van der Waals surface area contributed by atoms with E-state index in [1.165, 1.54) is 6.07 Å². The van der Waals surface area contributed by atoms with Crippen LogP contribution in [-0.4, -0.2) is 17.8 Å². The van der Waals surface area contributed by atoms with E-state index in [2.05, 4.69) is 15.9 Å². The molecule has 0 amide bonds. The van der Waals surface area contributed by atoms with E-state index in [0.717, 1.165) is 27.1 Å². The van der Waals surface area contributed by atoms with Gasteiger partial charge in [0.2, 0.25) is 6.23 Å². The number of hydrazone groups is 1. The molecule has 5 rings (SSSR count). The van der Waals surface area contributed by atoms with Crippen molar-refractivity contribution in [3.05, 3.63) is 92.7 Å². The largest absolute Gasteiger partial charge is 0.497 e. The second-order valence-corrected chi connectivity index (χ2v) is 8.49. The minimum atomic E-state index is -0.756. The molecule has 7 heteroatoms. The Labute approximate surface area is 187 Å². The normalized spacial score (nSPS) is 19.6. The number of hydrogen-bond donors (Lipinski definition) is 0. The quantitative estimate of drug-likeness (QED) is 0.423. The van der Waals surface area contributed by atoms with Crippen molar-refractivity contribution in [1.29, 1.82) is 0 Å². The smallest absolute Gasteiger partial charge is 0.218 e. The van der Waals surface area contributed by atoms with Gasteiger partial charge < -0.3 is 9.47 Å². The van der Waals surface area contributed by atoms with Gasteiger partial charge >= 0.3 is 0 Å². The summed E-state index contributed by atoms with van der Waals surface area (Å²) in [5, 5.41) is 6.98. The molecule has 0 radical (unpaired) electrons. The Morgan fingerprint density at radius 3 is 2.70 bits per heavy atom. The van der Waals surface area contributed by atoms with Crippen LogP contribution in [0.4, 0.5) is 4.39 Å². The van der Waals surface area contributed by atoms with E-state index in [0.29, 0.717) is 17.2 Å². The number of hydrogen-bond acceptors (Lipinski definition) is 4. The van der Waals surface area contributed by atoms with Crippen LogP contribution in [0.1, 0.15) is 35.4 Å². The number of halogens is 3. The molecule has 3 aromatic carbocycles. The highest BCUT2D eigenvalue weighted by atomic mass is 79.9. The highest BCUT2D eigenvalue weighted by Crippen LogP contribution is 2.49. The first-order valence-corrected chi connectivity index (χ1v) is 10.6. The molecule has 0 spiro atoms. The van der Waals surface area contributed by atoms with Gasteiger partial charge in [-0.2, -0.15) is 5.10 Å². The summed E-state index contributed by atoms with van der Waals surface area (Å²) in [4.78, 5) is 0. The van der Waals surface area contributed by atoms with Gasteiger partial charge in [-0.15, -0.1) is 0 Å². The van der Waals surface area contributed by atoms with Crippen LogP contribution in [0.25, 0.3) is 0 Å². The maximum atomic E-state index is 14.8.